The van der Waals surface area contributed by atoms with E-state index in [-0.39, 0.29) is 0 Å². The Hall–Kier alpha value is -1.38. The summed E-state index contributed by atoms with van der Waals surface area (Å²) in [6.45, 7) is 0.624. The fraction of sp³-hybridized carbons (Fsp3) is 0.250. The highest BCUT2D eigenvalue weighted by atomic mass is 16.5. The number of hydrogen-bond donors (Lipinski definition) is 1. The Balaban J connectivity index is 2.50. The highest BCUT2D eigenvalue weighted by Gasteiger charge is 2.15. The topological polar surface area (TPSA) is 38.5 Å². The number of anilines is 2. The first-order valence-electron chi connectivity index (χ1n) is 3.51. The van der Waals surface area contributed by atoms with Crippen LogP contribution in [0.25, 0.3) is 0 Å². The van der Waals surface area contributed by atoms with Crippen molar-refractivity contribution in [2.45, 2.75) is 0 Å². The Labute approximate surface area is 65.4 Å². The third kappa shape index (κ3) is 0.888. The van der Waals surface area contributed by atoms with Crippen molar-refractivity contribution in [3.05, 3.63) is 18.2 Å². The van der Waals surface area contributed by atoms with Crippen LogP contribution in [0.5, 0.6) is 5.75 Å². The van der Waals surface area contributed by atoms with Gasteiger partial charge >= 0.3 is 0 Å². The van der Waals surface area contributed by atoms with Crippen molar-refractivity contribution < 1.29 is 4.74 Å². The fourth-order valence-electron chi connectivity index (χ4n) is 1.20. The van der Waals surface area contributed by atoms with E-state index in [2.05, 4.69) is 0 Å². The molecule has 1 heterocycles. The number of fused-ring (bicyclic) bond motifs is 1. The maximum Gasteiger partial charge on any atom is 0.161 e. The van der Waals surface area contributed by atoms with Crippen molar-refractivity contribution in [2.24, 2.45) is 0 Å². The van der Waals surface area contributed by atoms with Gasteiger partial charge in [-0.1, -0.05) is 0 Å². The van der Waals surface area contributed by atoms with Crippen LogP contribution >= 0.6 is 0 Å². The maximum absolute atomic E-state index is 5.58. The molecule has 0 amide bonds. The summed E-state index contributed by atoms with van der Waals surface area (Å²) in [4.78, 5) is 2.04. The van der Waals surface area contributed by atoms with Crippen molar-refractivity contribution in [2.75, 3.05) is 24.4 Å². The minimum Gasteiger partial charge on any atom is -0.471 e. The molecule has 2 N–H and O–H groups in total. The molecule has 0 aliphatic carbocycles. The first kappa shape index (κ1) is 6.34. The molecule has 0 radical (unpaired) electrons. The van der Waals surface area contributed by atoms with Gasteiger partial charge < -0.3 is 15.4 Å². The number of rotatable bonds is 0. The minimum absolute atomic E-state index is 0.624. The van der Waals surface area contributed by atoms with E-state index in [9.17, 15) is 0 Å². The van der Waals surface area contributed by atoms with E-state index in [1.807, 2.05) is 30.1 Å². The summed E-state index contributed by atoms with van der Waals surface area (Å²) in [5, 5.41) is 0. The van der Waals surface area contributed by atoms with Crippen LogP contribution in [0.4, 0.5) is 11.4 Å². The van der Waals surface area contributed by atoms with E-state index in [0.29, 0.717) is 6.73 Å². The predicted molar refractivity (Wildman–Crippen MR) is 44.8 cm³/mol. The Morgan fingerprint density at radius 3 is 3.18 bits per heavy atom. The fourth-order valence-corrected chi connectivity index (χ4v) is 1.20. The van der Waals surface area contributed by atoms with Gasteiger partial charge in [-0.15, -0.1) is 0 Å². The largest absolute Gasteiger partial charge is 0.471 e. The zero-order valence-corrected chi connectivity index (χ0v) is 6.37. The Morgan fingerprint density at radius 1 is 1.55 bits per heavy atom. The van der Waals surface area contributed by atoms with E-state index >= 15 is 0 Å². The zero-order chi connectivity index (χ0) is 7.84. The molecule has 2 rings (SSSR count). The Bertz CT molecular complexity index is 285. The third-order valence-corrected chi connectivity index (χ3v) is 1.81. The lowest BCUT2D eigenvalue weighted by molar-refractivity contribution is 0.353. The van der Waals surface area contributed by atoms with Crippen LogP contribution in [-0.2, 0) is 0 Å². The van der Waals surface area contributed by atoms with Gasteiger partial charge in [0.25, 0.3) is 0 Å². The lowest BCUT2D eigenvalue weighted by Gasteiger charge is -2.06. The normalized spacial score (nSPS) is 14.5. The van der Waals surface area contributed by atoms with E-state index < -0.39 is 0 Å². The quantitative estimate of drug-likeness (QED) is 0.562. The number of nitrogens with two attached hydrogens (primary N) is 1. The predicted octanol–water partition coefficient (Wildman–Crippen LogP) is 1.05. The van der Waals surface area contributed by atoms with Gasteiger partial charge in [0.05, 0.1) is 5.69 Å². The summed E-state index contributed by atoms with van der Waals surface area (Å²) in [6.07, 6.45) is 0. The Morgan fingerprint density at radius 2 is 2.36 bits per heavy atom. The molecule has 0 saturated carbocycles. The SMILES string of the molecule is CN1COc2cc(N)ccc21. The first-order valence-corrected chi connectivity index (χ1v) is 3.51. The van der Waals surface area contributed by atoms with E-state index in [1.165, 1.54) is 0 Å². The molecule has 1 aromatic rings. The number of nitrogen functional groups attached to an aromatic ring is 1. The van der Waals surface area contributed by atoms with Gasteiger partial charge in [-0.25, -0.2) is 0 Å². The molecule has 0 atom stereocenters. The standard InChI is InChI=1S/C8H10N2O/c1-10-5-11-8-4-6(9)2-3-7(8)10/h2-4H,5,9H2,1H3. The van der Waals surface area contributed by atoms with Crippen molar-refractivity contribution in [1.82, 2.24) is 0 Å². The molecule has 0 spiro atoms. The highest BCUT2D eigenvalue weighted by Crippen LogP contribution is 2.33. The second-order valence-corrected chi connectivity index (χ2v) is 2.70. The maximum atomic E-state index is 5.58. The van der Waals surface area contributed by atoms with E-state index in [0.717, 1.165) is 17.1 Å². The molecule has 11 heavy (non-hydrogen) atoms. The van der Waals surface area contributed by atoms with Crippen LogP contribution in [0.1, 0.15) is 0 Å². The lowest BCUT2D eigenvalue weighted by Crippen LogP contribution is -2.14. The van der Waals surface area contributed by atoms with Gasteiger partial charge in [-0.2, -0.15) is 0 Å². The summed E-state index contributed by atoms with van der Waals surface area (Å²) in [7, 11) is 1.99. The van der Waals surface area contributed by atoms with Crippen molar-refractivity contribution >= 4 is 11.4 Å². The number of benzene rings is 1. The van der Waals surface area contributed by atoms with Crippen molar-refractivity contribution in [3.63, 3.8) is 0 Å². The smallest absolute Gasteiger partial charge is 0.161 e. The van der Waals surface area contributed by atoms with Crippen LogP contribution in [0, 0.1) is 0 Å². The molecular weight excluding hydrogens is 140 g/mol. The molecule has 0 aromatic heterocycles. The average molecular weight is 150 g/mol. The van der Waals surface area contributed by atoms with Gasteiger partial charge in [-0.05, 0) is 12.1 Å². The molecular formula is C8H10N2O. The van der Waals surface area contributed by atoms with Gasteiger partial charge in [-0.3, -0.25) is 0 Å². The summed E-state index contributed by atoms with van der Waals surface area (Å²) in [5.74, 6) is 0.882. The number of hydrogen-bond acceptors (Lipinski definition) is 3. The van der Waals surface area contributed by atoms with Crippen LogP contribution in [0.15, 0.2) is 18.2 Å². The highest BCUT2D eigenvalue weighted by molar-refractivity contribution is 5.65. The Kier molecular flexibility index (Phi) is 1.18. The molecule has 1 aliphatic rings. The van der Waals surface area contributed by atoms with Gasteiger partial charge in [0, 0.05) is 18.8 Å². The number of nitrogens with zero attached hydrogens (tertiary/aromatic N) is 1. The summed E-state index contributed by atoms with van der Waals surface area (Å²) in [5.41, 5.74) is 7.44. The second-order valence-electron chi connectivity index (χ2n) is 2.70. The lowest BCUT2D eigenvalue weighted by atomic mass is 10.2. The monoisotopic (exact) mass is 150 g/mol. The molecule has 0 saturated heterocycles. The van der Waals surface area contributed by atoms with Crippen molar-refractivity contribution in [1.29, 1.82) is 0 Å². The first-order chi connectivity index (χ1) is 5.27. The van der Waals surface area contributed by atoms with Crippen LogP contribution in [-0.4, -0.2) is 13.8 Å². The third-order valence-electron chi connectivity index (χ3n) is 1.81. The van der Waals surface area contributed by atoms with Crippen molar-refractivity contribution in [3.8, 4) is 5.75 Å². The molecule has 58 valence electrons. The number of ether oxygens (including phenoxy) is 1. The molecule has 0 unspecified atom stereocenters. The second kappa shape index (κ2) is 2.05. The summed E-state index contributed by atoms with van der Waals surface area (Å²) in [6, 6.07) is 5.69. The molecule has 3 nitrogen and oxygen atoms in total. The summed E-state index contributed by atoms with van der Waals surface area (Å²) < 4.78 is 5.34. The minimum atomic E-state index is 0.624. The van der Waals surface area contributed by atoms with Gasteiger partial charge in [0.1, 0.15) is 5.75 Å². The van der Waals surface area contributed by atoms with E-state index in [1.54, 1.807) is 0 Å². The van der Waals surface area contributed by atoms with Crippen LogP contribution in [0.3, 0.4) is 0 Å². The molecule has 1 aliphatic heterocycles. The van der Waals surface area contributed by atoms with Crippen LogP contribution < -0.4 is 15.4 Å². The van der Waals surface area contributed by atoms with E-state index in [4.69, 9.17) is 10.5 Å². The molecule has 3 heteroatoms. The average Bonchev–Trinajstić information content (AvgIpc) is 2.32. The molecule has 0 fully saturated rings. The zero-order valence-electron chi connectivity index (χ0n) is 6.37. The molecule has 0 bridgehead atoms. The van der Waals surface area contributed by atoms with Gasteiger partial charge in [0.15, 0.2) is 6.73 Å². The van der Waals surface area contributed by atoms with Crippen LogP contribution in [0.2, 0.25) is 0 Å². The van der Waals surface area contributed by atoms with Gasteiger partial charge in [0.2, 0.25) is 0 Å². The summed E-state index contributed by atoms with van der Waals surface area (Å²) >= 11 is 0. The molecule has 1 aromatic carbocycles.